The van der Waals surface area contributed by atoms with Gasteiger partial charge in [0.05, 0.1) is 19.3 Å². The van der Waals surface area contributed by atoms with E-state index in [0.29, 0.717) is 31.4 Å². The molecule has 5 nitrogen and oxygen atoms in total. The first kappa shape index (κ1) is 20.4. The van der Waals surface area contributed by atoms with Crippen LogP contribution in [0.15, 0.2) is 18.2 Å². The van der Waals surface area contributed by atoms with E-state index in [1.807, 2.05) is 6.92 Å². The number of benzene rings is 1. The van der Waals surface area contributed by atoms with Crippen molar-refractivity contribution in [2.45, 2.75) is 70.6 Å². The first-order valence-electron chi connectivity index (χ1n) is 10.7. The molecule has 1 heterocycles. The normalized spacial score (nSPS) is 24.2. The summed E-state index contributed by atoms with van der Waals surface area (Å²) < 4.78 is 11.3. The number of anilines is 2. The number of aryl methyl sites for hydroxylation is 1. The van der Waals surface area contributed by atoms with Crippen molar-refractivity contribution in [1.29, 1.82) is 0 Å². The number of nitrogens with two attached hydrogens (primary N) is 1. The van der Waals surface area contributed by atoms with Crippen molar-refractivity contribution in [3.63, 3.8) is 0 Å². The van der Waals surface area contributed by atoms with E-state index in [-0.39, 0.29) is 0 Å². The van der Waals surface area contributed by atoms with Crippen molar-refractivity contribution in [2.24, 2.45) is 5.73 Å². The zero-order valence-corrected chi connectivity index (χ0v) is 17.1. The molecule has 0 amide bonds. The summed E-state index contributed by atoms with van der Waals surface area (Å²) in [7, 11) is 0. The van der Waals surface area contributed by atoms with E-state index < -0.39 is 0 Å². The van der Waals surface area contributed by atoms with E-state index in [1.54, 1.807) is 0 Å². The molecule has 0 atom stereocenters. The standard InChI is InChI=1S/C22H37N3O2/c1-3-26-14-15-27-21-10-12-25(13-11-21)20-8-9-22(17(2)16-20)24-19-6-4-18(23)5-7-19/h8-9,16,18-19,21,24H,3-7,10-15,23H2,1-2H3. The lowest BCUT2D eigenvalue weighted by Gasteiger charge is -2.34. The predicted octanol–water partition coefficient (Wildman–Crippen LogP) is 3.70. The molecule has 1 aromatic carbocycles. The second kappa shape index (κ2) is 10.3. The third kappa shape index (κ3) is 6.09. The van der Waals surface area contributed by atoms with Crippen molar-refractivity contribution in [2.75, 3.05) is 43.1 Å². The lowest BCUT2D eigenvalue weighted by atomic mass is 9.91. The number of rotatable bonds is 8. The van der Waals surface area contributed by atoms with Gasteiger partial charge in [0.2, 0.25) is 0 Å². The lowest BCUT2D eigenvalue weighted by Crippen LogP contribution is -2.37. The van der Waals surface area contributed by atoms with E-state index in [2.05, 4.69) is 35.3 Å². The molecule has 2 aliphatic rings. The van der Waals surface area contributed by atoms with E-state index in [4.69, 9.17) is 15.2 Å². The Kier molecular flexibility index (Phi) is 7.80. The smallest absolute Gasteiger partial charge is 0.0704 e. The van der Waals surface area contributed by atoms with E-state index in [1.165, 1.54) is 29.8 Å². The maximum absolute atomic E-state index is 6.02. The monoisotopic (exact) mass is 375 g/mol. The van der Waals surface area contributed by atoms with Crippen LogP contribution in [0.4, 0.5) is 11.4 Å². The maximum Gasteiger partial charge on any atom is 0.0704 e. The Labute approximate surface area is 164 Å². The molecule has 3 N–H and O–H groups in total. The summed E-state index contributed by atoms with van der Waals surface area (Å²) in [6, 6.07) is 7.81. The molecule has 2 fully saturated rings. The number of hydrogen-bond acceptors (Lipinski definition) is 5. The van der Waals surface area contributed by atoms with Gasteiger partial charge in [0, 0.05) is 43.2 Å². The summed E-state index contributed by atoms with van der Waals surface area (Å²) in [6.07, 6.45) is 7.19. The highest BCUT2D eigenvalue weighted by Crippen LogP contribution is 2.28. The van der Waals surface area contributed by atoms with E-state index in [0.717, 1.165) is 45.4 Å². The van der Waals surface area contributed by atoms with Crippen molar-refractivity contribution in [1.82, 2.24) is 0 Å². The molecule has 1 saturated heterocycles. The summed E-state index contributed by atoms with van der Waals surface area (Å²) in [5.41, 5.74) is 9.96. The van der Waals surface area contributed by atoms with Gasteiger partial charge >= 0.3 is 0 Å². The van der Waals surface area contributed by atoms with E-state index >= 15 is 0 Å². The molecule has 0 aromatic heterocycles. The van der Waals surface area contributed by atoms with Gasteiger partial charge < -0.3 is 25.4 Å². The number of hydrogen-bond donors (Lipinski definition) is 2. The van der Waals surface area contributed by atoms with Crippen LogP contribution in [0.5, 0.6) is 0 Å². The van der Waals surface area contributed by atoms with Gasteiger partial charge in [-0.3, -0.25) is 0 Å². The van der Waals surface area contributed by atoms with Gasteiger partial charge in [-0.05, 0) is 76.1 Å². The molecular weight excluding hydrogens is 338 g/mol. The molecule has 0 bridgehead atoms. The fraction of sp³-hybridized carbons (Fsp3) is 0.727. The number of ether oxygens (including phenoxy) is 2. The predicted molar refractivity (Wildman–Crippen MR) is 113 cm³/mol. The Balaban J connectivity index is 1.46. The Morgan fingerprint density at radius 1 is 1.07 bits per heavy atom. The zero-order valence-electron chi connectivity index (χ0n) is 17.1. The average Bonchev–Trinajstić information content (AvgIpc) is 2.69. The summed E-state index contributed by atoms with van der Waals surface area (Å²) in [5.74, 6) is 0. The molecule has 1 saturated carbocycles. The van der Waals surface area contributed by atoms with E-state index in [9.17, 15) is 0 Å². The van der Waals surface area contributed by atoms with Gasteiger partial charge in [0.15, 0.2) is 0 Å². The highest BCUT2D eigenvalue weighted by Gasteiger charge is 2.21. The van der Waals surface area contributed by atoms with Crippen molar-refractivity contribution in [3.8, 4) is 0 Å². The number of nitrogens with one attached hydrogen (secondary N) is 1. The molecule has 3 rings (SSSR count). The maximum atomic E-state index is 6.02. The van der Waals surface area contributed by atoms with Gasteiger partial charge in [-0.1, -0.05) is 0 Å². The summed E-state index contributed by atoms with van der Waals surface area (Å²) in [6.45, 7) is 8.54. The average molecular weight is 376 g/mol. The molecule has 0 unspecified atom stereocenters. The molecule has 5 heteroatoms. The Bertz CT molecular complexity index is 565. The fourth-order valence-corrected chi connectivity index (χ4v) is 4.19. The quantitative estimate of drug-likeness (QED) is 0.679. The SMILES string of the molecule is CCOCCOC1CCN(c2ccc(NC3CCC(N)CC3)c(C)c2)CC1. The van der Waals surface area contributed by atoms with Crippen LogP contribution in [0, 0.1) is 6.92 Å². The molecular formula is C22H37N3O2. The Hall–Kier alpha value is -1.30. The molecule has 1 aliphatic carbocycles. The van der Waals surface area contributed by atoms with Crippen molar-refractivity contribution >= 4 is 11.4 Å². The summed E-state index contributed by atoms with van der Waals surface area (Å²) in [4.78, 5) is 2.48. The van der Waals surface area contributed by atoms with Crippen LogP contribution in [-0.2, 0) is 9.47 Å². The van der Waals surface area contributed by atoms with Crippen LogP contribution < -0.4 is 16.0 Å². The minimum absolute atomic E-state index is 0.376. The van der Waals surface area contributed by atoms with Crippen molar-refractivity contribution in [3.05, 3.63) is 23.8 Å². The van der Waals surface area contributed by atoms with Gasteiger partial charge in [-0.15, -0.1) is 0 Å². The van der Waals surface area contributed by atoms with Crippen LogP contribution in [0.3, 0.4) is 0 Å². The Morgan fingerprint density at radius 2 is 1.81 bits per heavy atom. The van der Waals surface area contributed by atoms with Gasteiger partial charge in [0.1, 0.15) is 0 Å². The first-order chi connectivity index (χ1) is 13.2. The van der Waals surface area contributed by atoms with Crippen molar-refractivity contribution < 1.29 is 9.47 Å². The molecule has 1 aromatic rings. The van der Waals surface area contributed by atoms with Crippen LogP contribution in [0.1, 0.15) is 51.0 Å². The topological polar surface area (TPSA) is 59.8 Å². The van der Waals surface area contributed by atoms with Crippen LogP contribution in [0.2, 0.25) is 0 Å². The molecule has 1 aliphatic heterocycles. The molecule has 0 radical (unpaired) electrons. The highest BCUT2D eigenvalue weighted by atomic mass is 16.5. The number of nitrogens with zero attached hydrogens (tertiary/aromatic N) is 1. The highest BCUT2D eigenvalue weighted by molar-refractivity contribution is 5.60. The Morgan fingerprint density at radius 3 is 2.48 bits per heavy atom. The van der Waals surface area contributed by atoms with Gasteiger partial charge in [-0.25, -0.2) is 0 Å². The molecule has 27 heavy (non-hydrogen) atoms. The van der Waals surface area contributed by atoms with Gasteiger partial charge in [-0.2, -0.15) is 0 Å². The second-order valence-electron chi connectivity index (χ2n) is 8.01. The van der Waals surface area contributed by atoms with Crippen LogP contribution in [-0.4, -0.2) is 51.1 Å². The fourth-order valence-electron chi connectivity index (χ4n) is 4.19. The lowest BCUT2D eigenvalue weighted by molar-refractivity contribution is -0.00230. The molecule has 152 valence electrons. The third-order valence-electron chi connectivity index (χ3n) is 5.93. The van der Waals surface area contributed by atoms with Crippen LogP contribution >= 0.6 is 0 Å². The summed E-state index contributed by atoms with van der Waals surface area (Å²) in [5, 5.41) is 3.73. The van der Waals surface area contributed by atoms with Crippen LogP contribution in [0.25, 0.3) is 0 Å². The minimum Gasteiger partial charge on any atom is -0.382 e. The molecule has 0 spiro atoms. The third-order valence-corrected chi connectivity index (χ3v) is 5.93. The second-order valence-corrected chi connectivity index (χ2v) is 8.01. The largest absolute Gasteiger partial charge is 0.382 e. The zero-order chi connectivity index (χ0) is 19.1. The number of piperidine rings is 1. The summed E-state index contributed by atoms with van der Waals surface area (Å²) >= 11 is 0. The van der Waals surface area contributed by atoms with Gasteiger partial charge in [0.25, 0.3) is 0 Å². The minimum atomic E-state index is 0.376. The first-order valence-corrected chi connectivity index (χ1v) is 10.7.